The number of rotatable bonds is 8. The number of hydrogen-bond donors (Lipinski definition) is 2. The van der Waals surface area contributed by atoms with Crippen molar-refractivity contribution < 1.29 is 10.2 Å². The molecule has 0 saturated carbocycles. The molecule has 1 rings (SSSR count). The zero-order valence-corrected chi connectivity index (χ0v) is 17.0. The van der Waals surface area contributed by atoms with E-state index in [1.54, 1.807) is 13.0 Å². The molecule has 1 aliphatic heterocycles. The molecule has 0 aliphatic carbocycles. The van der Waals surface area contributed by atoms with Gasteiger partial charge in [0, 0.05) is 25.8 Å². The molecule has 4 heteroatoms. The molecule has 0 spiro atoms. The van der Waals surface area contributed by atoms with E-state index >= 15 is 0 Å². The summed E-state index contributed by atoms with van der Waals surface area (Å²) in [5.41, 5.74) is 24.4. The molecule has 0 saturated heterocycles. The monoisotopic (exact) mass is 378 g/mol. The van der Waals surface area contributed by atoms with E-state index in [-0.39, 0.29) is 13.2 Å². The van der Waals surface area contributed by atoms with E-state index in [2.05, 4.69) is 63.5 Å². The average Bonchev–Trinajstić information content (AvgIpc) is 3.13. The molecule has 0 aromatic rings. The van der Waals surface area contributed by atoms with Crippen LogP contribution in [-0.4, -0.2) is 53.8 Å². The minimum absolute atomic E-state index is 0.113. The summed E-state index contributed by atoms with van der Waals surface area (Å²) in [5, 5.41) is 16.5. The average molecular weight is 379 g/mol. The van der Waals surface area contributed by atoms with Gasteiger partial charge in [0.2, 0.25) is 0 Å². The standard InChI is InChI=1S/C22H24N2O.C2H6O/c1-2-3-4-5-6-7-8-9-10-11-12-13-14-15-16-17-22-23-18-19-24(22)20-21-25;1-2-3/h7,17,25H,2-6,18-21H2,1H3;3H,2H2,1H3. The number of aliphatic hydroxyl groups is 2. The second-order valence-corrected chi connectivity index (χ2v) is 5.63. The number of hydrogen-bond acceptors (Lipinski definition) is 4. The highest BCUT2D eigenvalue weighted by Crippen LogP contribution is 2.02. The Morgan fingerprint density at radius 3 is 2.21 bits per heavy atom. The van der Waals surface area contributed by atoms with Crippen LogP contribution in [0.2, 0.25) is 0 Å². The quantitative estimate of drug-likeness (QED) is 0.501. The first kappa shape index (κ1) is 25.1. The van der Waals surface area contributed by atoms with Crippen LogP contribution in [0.25, 0.3) is 0 Å². The molecule has 0 amide bonds. The summed E-state index contributed by atoms with van der Waals surface area (Å²) < 4.78 is 0. The van der Waals surface area contributed by atoms with Crippen molar-refractivity contribution in [3.8, 4) is 0 Å². The first-order chi connectivity index (χ1) is 13.8. The lowest BCUT2D eigenvalue weighted by molar-refractivity contribution is 0.257. The van der Waals surface area contributed by atoms with Gasteiger partial charge in [-0.1, -0.05) is 37.6 Å². The summed E-state index contributed by atoms with van der Waals surface area (Å²) in [6.45, 7) is 6.40. The van der Waals surface area contributed by atoms with Gasteiger partial charge in [0.05, 0.1) is 13.2 Å². The summed E-state index contributed by atoms with van der Waals surface area (Å²) in [6.07, 6.45) is 9.70. The number of aliphatic imine (C=N–C) groups is 1. The molecule has 148 valence electrons. The first-order valence-corrected chi connectivity index (χ1v) is 9.72. The number of allylic oxidation sites excluding steroid dienone is 1. The molecule has 0 unspecified atom stereocenters. The molecule has 0 fully saturated rings. The van der Waals surface area contributed by atoms with E-state index < -0.39 is 0 Å². The number of amidine groups is 1. The zero-order valence-electron chi connectivity index (χ0n) is 17.0. The molecule has 4 nitrogen and oxygen atoms in total. The lowest BCUT2D eigenvalue weighted by Crippen LogP contribution is -2.29. The van der Waals surface area contributed by atoms with E-state index in [4.69, 9.17) is 10.2 Å². The topological polar surface area (TPSA) is 56.1 Å². The summed E-state index contributed by atoms with van der Waals surface area (Å²) in [5.74, 6) is 0.803. The number of unbranched alkanes of at least 4 members (excludes halogenated alkanes) is 4. The van der Waals surface area contributed by atoms with Crippen molar-refractivity contribution in [1.82, 2.24) is 4.90 Å². The fourth-order valence-electron chi connectivity index (χ4n) is 2.11. The van der Waals surface area contributed by atoms with Crippen LogP contribution in [0.3, 0.4) is 0 Å². The lowest BCUT2D eigenvalue weighted by atomic mass is 10.1. The maximum atomic E-state index is 8.95. The Bertz CT molecular complexity index is 812. The van der Waals surface area contributed by atoms with Crippen molar-refractivity contribution >= 4 is 5.84 Å². The largest absolute Gasteiger partial charge is 0.397 e. The molecular weight excluding hydrogens is 348 g/mol. The van der Waals surface area contributed by atoms with Crippen LogP contribution in [0.15, 0.2) is 68.7 Å². The SMILES string of the molecule is CCCCCCC=C=C=C=C=C=C=C=C=C=CC1=NCCN1CCO.CCO. The smallest absolute Gasteiger partial charge is 0.132 e. The van der Waals surface area contributed by atoms with Crippen molar-refractivity contribution in [3.05, 3.63) is 63.7 Å². The highest BCUT2D eigenvalue weighted by molar-refractivity contribution is 5.93. The third-order valence-corrected chi connectivity index (χ3v) is 3.36. The van der Waals surface area contributed by atoms with E-state index in [1.165, 1.54) is 25.7 Å². The lowest BCUT2D eigenvalue weighted by Gasteiger charge is -2.15. The Morgan fingerprint density at radius 2 is 1.57 bits per heavy atom. The molecule has 0 aromatic heterocycles. The first-order valence-electron chi connectivity index (χ1n) is 9.72. The fraction of sp³-hybridized carbons (Fsp3) is 0.500. The molecule has 0 aromatic carbocycles. The van der Waals surface area contributed by atoms with E-state index in [0.29, 0.717) is 6.54 Å². The van der Waals surface area contributed by atoms with Crippen LogP contribution in [-0.2, 0) is 0 Å². The third kappa shape index (κ3) is 15.4. The predicted octanol–water partition coefficient (Wildman–Crippen LogP) is 3.61. The van der Waals surface area contributed by atoms with Gasteiger partial charge in [-0.3, -0.25) is 4.99 Å². The van der Waals surface area contributed by atoms with Crippen LogP contribution >= 0.6 is 0 Å². The van der Waals surface area contributed by atoms with Gasteiger partial charge < -0.3 is 15.1 Å². The Labute approximate surface area is 168 Å². The Balaban J connectivity index is 0.00000227. The van der Waals surface area contributed by atoms with Crippen molar-refractivity contribution in [1.29, 1.82) is 0 Å². The molecule has 0 atom stereocenters. The van der Waals surface area contributed by atoms with Crippen LogP contribution in [0, 0.1) is 0 Å². The highest BCUT2D eigenvalue weighted by atomic mass is 16.3. The Hall–Kier alpha value is -2.85. The zero-order chi connectivity index (χ0) is 20.7. The Morgan fingerprint density at radius 1 is 0.929 bits per heavy atom. The van der Waals surface area contributed by atoms with Crippen molar-refractivity contribution in [2.24, 2.45) is 4.99 Å². The maximum Gasteiger partial charge on any atom is 0.132 e. The number of nitrogens with zero attached hydrogens (tertiary/aromatic N) is 2. The van der Waals surface area contributed by atoms with Gasteiger partial charge in [-0.05, 0) is 66.0 Å². The normalized spacial score (nSPS) is 10.6. The van der Waals surface area contributed by atoms with Gasteiger partial charge in [-0.2, -0.15) is 0 Å². The fourth-order valence-corrected chi connectivity index (χ4v) is 2.11. The van der Waals surface area contributed by atoms with E-state index in [0.717, 1.165) is 25.3 Å². The van der Waals surface area contributed by atoms with Gasteiger partial charge in [-0.15, -0.1) is 0 Å². The third-order valence-electron chi connectivity index (χ3n) is 3.36. The second kappa shape index (κ2) is 20.5. The van der Waals surface area contributed by atoms with Gasteiger partial charge in [0.1, 0.15) is 5.84 Å². The van der Waals surface area contributed by atoms with Crippen molar-refractivity contribution in [2.45, 2.75) is 46.0 Å². The molecule has 28 heavy (non-hydrogen) atoms. The molecule has 1 heterocycles. The Kier molecular flexibility index (Phi) is 18.4. The van der Waals surface area contributed by atoms with Crippen LogP contribution in [0.4, 0.5) is 0 Å². The summed E-state index contributed by atoms with van der Waals surface area (Å²) in [4.78, 5) is 6.30. The maximum absolute atomic E-state index is 8.95. The molecule has 2 N–H and O–H groups in total. The molecular formula is C24H30N2O2. The predicted molar refractivity (Wildman–Crippen MR) is 113 cm³/mol. The molecule has 0 bridgehead atoms. The van der Waals surface area contributed by atoms with Gasteiger partial charge in [-0.25, -0.2) is 0 Å². The van der Waals surface area contributed by atoms with E-state index in [1.807, 2.05) is 11.0 Å². The minimum Gasteiger partial charge on any atom is -0.397 e. The summed E-state index contributed by atoms with van der Waals surface area (Å²) in [6, 6.07) is 0. The summed E-state index contributed by atoms with van der Waals surface area (Å²) in [7, 11) is 0. The van der Waals surface area contributed by atoms with E-state index in [9.17, 15) is 0 Å². The number of β-amino-alcohol motifs (C(OH)–C–C–N with tert-alkyl or cyclic N) is 1. The summed E-state index contributed by atoms with van der Waals surface area (Å²) >= 11 is 0. The second-order valence-electron chi connectivity index (χ2n) is 5.63. The minimum atomic E-state index is 0.113. The number of aliphatic hydroxyl groups excluding tert-OH is 2. The van der Waals surface area contributed by atoms with Crippen LogP contribution < -0.4 is 0 Å². The van der Waals surface area contributed by atoms with Gasteiger partial charge in [0.15, 0.2) is 0 Å². The van der Waals surface area contributed by atoms with Gasteiger partial charge in [0.25, 0.3) is 0 Å². The highest BCUT2D eigenvalue weighted by Gasteiger charge is 2.12. The molecule has 0 radical (unpaired) electrons. The van der Waals surface area contributed by atoms with Crippen molar-refractivity contribution in [2.75, 3.05) is 32.8 Å². The van der Waals surface area contributed by atoms with Crippen LogP contribution in [0.1, 0.15) is 46.0 Å². The van der Waals surface area contributed by atoms with Crippen molar-refractivity contribution in [3.63, 3.8) is 0 Å². The van der Waals surface area contributed by atoms with Gasteiger partial charge >= 0.3 is 0 Å². The van der Waals surface area contributed by atoms with Crippen LogP contribution in [0.5, 0.6) is 0 Å². The molecule has 1 aliphatic rings.